The van der Waals surface area contributed by atoms with Crippen LogP contribution >= 0.6 is 11.8 Å². The number of aromatic nitrogens is 4. The van der Waals surface area contributed by atoms with Crippen LogP contribution in [0.4, 0.5) is 5.88 Å². The zero-order chi connectivity index (χ0) is 12.8. The summed E-state index contributed by atoms with van der Waals surface area (Å²) < 4.78 is 6.51. The van der Waals surface area contributed by atoms with E-state index in [0.717, 1.165) is 0 Å². The van der Waals surface area contributed by atoms with E-state index in [0.29, 0.717) is 17.6 Å². The van der Waals surface area contributed by atoms with Crippen LogP contribution in [0.15, 0.2) is 34.3 Å². The first-order chi connectivity index (χ1) is 8.78. The van der Waals surface area contributed by atoms with Crippen molar-refractivity contribution in [2.75, 3.05) is 11.1 Å². The number of hydrogen-bond acceptors (Lipinski definition) is 6. The van der Waals surface area contributed by atoms with E-state index in [1.165, 1.54) is 11.8 Å². The van der Waals surface area contributed by atoms with E-state index in [4.69, 9.17) is 4.52 Å². The van der Waals surface area contributed by atoms with E-state index in [1.54, 1.807) is 29.3 Å². The Morgan fingerprint density at radius 3 is 2.94 bits per heavy atom. The third kappa shape index (κ3) is 3.52. The lowest BCUT2D eigenvalue weighted by atomic mass is 10.6. The maximum absolute atomic E-state index is 11.6. The second-order valence-electron chi connectivity index (χ2n) is 3.29. The van der Waals surface area contributed by atoms with Gasteiger partial charge in [-0.15, -0.1) is 0 Å². The number of nitrogens with zero attached hydrogens (tertiary/aromatic N) is 4. The Hall–Kier alpha value is -1.96. The van der Waals surface area contributed by atoms with Gasteiger partial charge < -0.3 is 0 Å². The fraction of sp³-hybridized carbons (Fsp3) is 0.300. The van der Waals surface area contributed by atoms with Gasteiger partial charge in [0.15, 0.2) is 11.7 Å². The van der Waals surface area contributed by atoms with Crippen molar-refractivity contribution in [1.82, 2.24) is 15.2 Å². The maximum atomic E-state index is 11.6. The first-order valence-electron chi connectivity index (χ1n) is 5.34. The largest absolute Gasteiger partial charge is 0.302 e. The first-order valence-corrected chi connectivity index (χ1v) is 6.32. The molecule has 0 atom stereocenters. The van der Waals surface area contributed by atoms with Crippen LogP contribution in [-0.2, 0) is 11.3 Å². The van der Waals surface area contributed by atoms with Crippen molar-refractivity contribution in [2.24, 2.45) is 0 Å². The molecule has 0 radical (unpaired) electrons. The highest BCUT2D eigenvalue weighted by molar-refractivity contribution is 7.99. The second-order valence-corrected chi connectivity index (χ2v) is 4.23. The van der Waals surface area contributed by atoms with E-state index in [9.17, 15) is 4.79 Å². The van der Waals surface area contributed by atoms with Crippen LogP contribution in [0.5, 0.6) is 0 Å². The Labute approximate surface area is 108 Å². The molecule has 94 valence electrons. The molecule has 0 aromatic carbocycles. The second kappa shape index (κ2) is 6.10. The van der Waals surface area contributed by atoms with Crippen LogP contribution in [0.3, 0.4) is 0 Å². The van der Waals surface area contributed by atoms with Gasteiger partial charge in [0.25, 0.3) is 6.20 Å². The lowest BCUT2D eigenvalue weighted by Gasteiger charge is -1.98. The SMILES string of the molecule is CC[n+]1cc(NC(=O)CSc2ncccn2)on1. The van der Waals surface area contributed by atoms with Crippen LogP contribution in [0, 0.1) is 0 Å². The number of rotatable bonds is 5. The Morgan fingerprint density at radius 2 is 2.28 bits per heavy atom. The molecule has 0 bridgehead atoms. The van der Waals surface area contributed by atoms with Gasteiger partial charge >= 0.3 is 5.88 Å². The summed E-state index contributed by atoms with van der Waals surface area (Å²) in [5.41, 5.74) is 0. The van der Waals surface area contributed by atoms with Gasteiger partial charge in [-0.2, -0.15) is 0 Å². The molecule has 0 aliphatic carbocycles. The van der Waals surface area contributed by atoms with E-state index >= 15 is 0 Å². The molecule has 0 spiro atoms. The van der Waals surface area contributed by atoms with Crippen molar-refractivity contribution in [3.05, 3.63) is 24.7 Å². The zero-order valence-corrected chi connectivity index (χ0v) is 10.6. The summed E-state index contributed by atoms with van der Waals surface area (Å²) in [5, 5.41) is 6.87. The number of carbonyl (C=O) groups is 1. The van der Waals surface area contributed by atoms with Gasteiger partial charge in [0.1, 0.15) is 0 Å². The van der Waals surface area contributed by atoms with Crippen LogP contribution in [0.2, 0.25) is 0 Å². The van der Waals surface area contributed by atoms with Gasteiger partial charge in [-0.05, 0) is 13.0 Å². The molecule has 0 aliphatic rings. The molecule has 0 saturated carbocycles. The Kier molecular flexibility index (Phi) is 4.24. The molecule has 2 aromatic heterocycles. The minimum absolute atomic E-state index is 0.188. The molecule has 0 saturated heterocycles. The van der Waals surface area contributed by atoms with Crippen LogP contribution in [0.25, 0.3) is 0 Å². The third-order valence-electron chi connectivity index (χ3n) is 1.97. The average molecular weight is 266 g/mol. The topological polar surface area (TPSA) is 84.8 Å². The average Bonchev–Trinajstić information content (AvgIpc) is 2.85. The van der Waals surface area contributed by atoms with Crippen molar-refractivity contribution in [2.45, 2.75) is 18.6 Å². The smallest absolute Gasteiger partial charge is 0.288 e. The number of carbonyl (C=O) groups excluding carboxylic acids is 1. The molecule has 0 fully saturated rings. The molecule has 0 aliphatic heterocycles. The summed E-state index contributed by atoms with van der Waals surface area (Å²) in [6.45, 7) is 2.61. The predicted molar refractivity (Wildman–Crippen MR) is 63.8 cm³/mol. The van der Waals surface area contributed by atoms with Crippen LogP contribution in [0.1, 0.15) is 6.92 Å². The lowest BCUT2D eigenvalue weighted by Crippen LogP contribution is -2.32. The summed E-state index contributed by atoms with van der Waals surface area (Å²) in [4.78, 5) is 19.6. The molecule has 1 amide bonds. The van der Waals surface area contributed by atoms with Crippen molar-refractivity contribution in [1.29, 1.82) is 0 Å². The number of hydrogen-bond donors (Lipinski definition) is 1. The standard InChI is InChI=1S/C10H11N5O2S/c1-2-15-6-9(17-14-15)13-8(16)7-18-10-11-4-3-5-12-10/h3-6H,2,7H2,1H3/p+1. The van der Waals surface area contributed by atoms with Crippen LogP contribution < -0.4 is 10.00 Å². The quantitative estimate of drug-likeness (QED) is 0.482. The van der Waals surface area contributed by atoms with E-state index in [1.807, 2.05) is 6.92 Å². The molecule has 2 heterocycles. The van der Waals surface area contributed by atoms with Gasteiger partial charge in [-0.25, -0.2) is 9.97 Å². The summed E-state index contributed by atoms with van der Waals surface area (Å²) in [5.74, 6) is 0.361. The highest BCUT2D eigenvalue weighted by Gasteiger charge is 2.12. The highest BCUT2D eigenvalue weighted by Crippen LogP contribution is 2.11. The molecule has 7 nitrogen and oxygen atoms in total. The zero-order valence-electron chi connectivity index (χ0n) is 9.74. The minimum atomic E-state index is -0.188. The van der Waals surface area contributed by atoms with Gasteiger partial charge in [0.05, 0.1) is 5.75 Å². The summed E-state index contributed by atoms with van der Waals surface area (Å²) in [7, 11) is 0. The highest BCUT2D eigenvalue weighted by atomic mass is 32.2. The molecular formula is C10H12N5O2S+. The van der Waals surface area contributed by atoms with Crippen molar-refractivity contribution in [3.63, 3.8) is 0 Å². The summed E-state index contributed by atoms with van der Waals surface area (Å²) in [6, 6.07) is 1.72. The molecular weight excluding hydrogens is 254 g/mol. The van der Waals surface area contributed by atoms with E-state index in [-0.39, 0.29) is 11.7 Å². The summed E-state index contributed by atoms with van der Waals surface area (Å²) in [6.07, 6.45) is 4.89. The number of anilines is 1. The minimum Gasteiger partial charge on any atom is -0.288 e. The van der Waals surface area contributed by atoms with Crippen molar-refractivity contribution in [3.8, 4) is 0 Å². The monoisotopic (exact) mass is 266 g/mol. The molecule has 8 heteroatoms. The number of thioether (sulfide) groups is 1. The van der Waals surface area contributed by atoms with E-state index < -0.39 is 0 Å². The lowest BCUT2D eigenvalue weighted by molar-refractivity contribution is -0.759. The number of amides is 1. The van der Waals surface area contributed by atoms with Gasteiger partial charge in [-0.3, -0.25) is 14.6 Å². The Bertz CT molecular complexity index is 516. The van der Waals surface area contributed by atoms with Gasteiger partial charge in [-0.1, -0.05) is 16.4 Å². The summed E-state index contributed by atoms with van der Waals surface area (Å²) >= 11 is 1.26. The Morgan fingerprint density at radius 1 is 1.50 bits per heavy atom. The van der Waals surface area contributed by atoms with Crippen molar-refractivity contribution >= 4 is 23.6 Å². The predicted octanol–water partition coefficient (Wildman–Crippen LogP) is 0.503. The molecule has 0 unspecified atom stereocenters. The van der Waals surface area contributed by atoms with E-state index in [2.05, 4.69) is 20.6 Å². The fourth-order valence-corrected chi connectivity index (χ4v) is 1.75. The first kappa shape index (κ1) is 12.5. The third-order valence-corrected chi connectivity index (χ3v) is 2.85. The van der Waals surface area contributed by atoms with Gasteiger partial charge in [0.2, 0.25) is 11.2 Å². The van der Waals surface area contributed by atoms with Gasteiger partial charge in [0, 0.05) is 12.4 Å². The fourth-order valence-electron chi connectivity index (χ4n) is 1.15. The number of nitrogens with one attached hydrogen (secondary N) is 1. The van der Waals surface area contributed by atoms with Crippen molar-refractivity contribution < 1.29 is 14.0 Å². The Balaban J connectivity index is 1.82. The number of aryl methyl sites for hydroxylation is 1. The maximum Gasteiger partial charge on any atom is 0.302 e. The normalized spacial score (nSPS) is 10.3. The molecule has 1 N–H and O–H groups in total. The molecule has 2 aromatic rings. The van der Waals surface area contributed by atoms with Crippen LogP contribution in [-0.4, -0.2) is 26.9 Å². The molecule has 18 heavy (non-hydrogen) atoms. The molecule has 2 rings (SSSR count).